The average Bonchev–Trinajstić information content (AvgIpc) is 3.00. The summed E-state index contributed by atoms with van der Waals surface area (Å²) in [6.45, 7) is 0.468. The number of hydrogen-bond donors (Lipinski definition) is 4. The molecule has 7 heteroatoms. The lowest BCUT2D eigenvalue weighted by molar-refractivity contribution is 0.0690. The van der Waals surface area contributed by atoms with Crippen LogP contribution in [0.4, 0.5) is 5.69 Å². The van der Waals surface area contributed by atoms with E-state index in [0.717, 1.165) is 9.86 Å². The normalized spacial score (nSPS) is 10.8. The van der Waals surface area contributed by atoms with Crippen LogP contribution in [0.1, 0.15) is 32.8 Å². The second-order valence-electron chi connectivity index (χ2n) is 5.90. The van der Waals surface area contributed by atoms with Gasteiger partial charge in [-0.15, -0.1) is 0 Å². The van der Waals surface area contributed by atoms with Gasteiger partial charge < -0.3 is 21.1 Å². The Hall–Kier alpha value is -2.64. The first kappa shape index (κ1) is 18.2. The maximum Gasteiger partial charge on any atom is 0.352 e. The van der Waals surface area contributed by atoms with Gasteiger partial charge in [0.05, 0.1) is 0 Å². The van der Waals surface area contributed by atoms with E-state index in [1.165, 1.54) is 0 Å². The molecule has 6 nitrogen and oxygen atoms in total. The Morgan fingerprint density at radius 2 is 1.88 bits per heavy atom. The first-order chi connectivity index (χ1) is 12.5. The molecule has 26 heavy (non-hydrogen) atoms. The highest BCUT2D eigenvalue weighted by Gasteiger charge is 2.18. The number of carboxylic acid groups (broad SMARTS) is 1. The molecule has 3 aromatic rings. The van der Waals surface area contributed by atoms with E-state index in [4.69, 9.17) is 5.73 Å². The molecule has 134 valence electrons. The van der Waals surface area contributed by atoms with Crippen LogP contribution in [-0.4, -0.2) is 28.5 Å². The van der Waals surface area contributed by atoms with Crippen LogP contribution in [0.2, 0.25) is 0 Å². The van der Waals surface area contributed by atoms with Gasteiger partial charge in [-0.3, -0.25) is 4.79 Å². The van der Waals surface area contributed by atoms with Gasteiger partial charge in [0, 0.05) is 26.6 Å². The second kappa shape index (κ2) is 7.72. The Morgan fingerprint density at radius 1 is 1.15 bits per heavy atom. The summed E-state index contributed by atoms with van der Waals surface area (Å²) in [6.07, 6.45) is 1.21. The fourth-order valence-corrected chi connectivity index (χ4v) is 3.11. The molecule has 0 saturated heterocycles. The molecule has 0 atom stereocenters. The van der Waals surface area contributed by atoms with E-state index in [9.17, 15) is 14.7 Å². The van der Waals surface area contributed by atoms with Gasteiger partial charge in [-0.05, 0) is 67.4 Å². The third kappa shape index (κ3) is 3.79. The summed E-state index contributed by atoms with van der Waals surface area (Å²) in [5.41, 5.74) is 8.23. The summed E-state index contributed by atoms with van der Waals surface area (Å²) in [7, 11) is 0. The molecular formula is C19H18BrN3O3. The molecule has 0 bridgehead atoms. The molecule has 3 rings (SSSR count). The van der Waals surface area contributed by atoms with E-state index in [1.54, 1.807) is 30.3 Å². The monoisotopic (exact) mass is 415 g/mol. The minimum atomic E-state index is -1.02. The van der Waals surface area contributed by atoms with E-state index >= 15 is 0 Å². The number of carbonyl (C=O) groups excluding carboxylic acids is 1. The van der Waals surface area contributed by atoms with Crippen molar-refractivity contribution in [2.24, 2.45) is 5.73 Å². The van der Waals surface area contributed by atoms with Gasteiger partial charge in [-0.25, -0.2) is 4.79 Å². The third-order valence-electron chi connectivity index (χ3n) is 4.12. The van der Waals surface area contributed by atoms with Gasteiger partial charge in [0.1, 0.15) is 5.69 Å². The zero-order valence-electron chi connectivity index (χ0n) is 13.9. The number of carboxylic acids is 1. The Morgan fingerprint density at radius 3 is 2.54 bits per heavy atom. The first-order valence-electron chi connectivity index (χ1n) is 8.14. The van der Waals surface area contributed by atoms with Crippen LogP contribution in [0.25, 0.3) is 10.9 Å². The molecule has 0 aliphatic rings. The topological polar surface area (TPSA) is 108 Å². The number of rotatable bonds is 6. The van der Waals surface area contributed by atoms with Crippen molar-refractivity contribution in [3.05, 3.63) is 63.8 Å². The van der Waals surface area contributed by atoms with Gasteiger partial charge >= 0.3 is 5.97 Å². The Bertz CT molecular complexity index is 964. The molecular weight excluding hydrogens is 398 g/mol. The van der Waals surface area contributed by atoms with Crippen molar-refractivity contribution in [3.63, 3.8) is 0 Å². The number of carbonyl (C=O) groups is 2. The number of halogens is 1. The van der Waals surface area contributed by atoms with Crippen molar-refractivity contribution in [1.29, 1.82) is 0 Å². The van der Waals surface area contributed by atoms with Gasteiger partial charge in [-0.1, -0.05) is 15.9 Å². The van der Waals surface area contributed by atoms with Gasteiger partial charge in [0.2, 0.25) is 0 Å². The summed E-state index contributed by atoms with van der Waals surface area (Å²) in [5.74, 6) is -1.27. The number of nitrogens with one attached hydrogen (secondary N) is 2. The summed E-state index contributed by atoms with van der Waals surface area (Å²) < 4.78 is 0.926. The second-order valence-corrected chi connectivity index (χ2v) is 6.81. The Balaban J connectivity index is 1.95. The maximum atomic E-state index is 12.5. The largest absolute Gasteiger partial charge is 0.477 e. The predicted molar refractivity (Wildman–Crippen MR) is 105 cm³/mol. The highest BCUT2D eigenvalue weighted by atomic mass is 79.9. The van der Waals surface area contributed by atoms with Gasteiger partial charge in [-0.2, -0.15) is 0 Å². The molecule has 1 amide bonds. The lowest BCUT2D eigenvalue weighted by Gasteiger charge is -2.06. The fraction of sp³-hybridized carbons (Fsp3) is 0.158. The molecule has 1 aromatic heterocycles. The zero-order chi connectivity index (χ0) is 18.7. The van der Waals surface area contributed by atoms with Crippen LogP contribution < -0.4 is 11.1 Å². The van der Waals surface area contributed by atoms with Crippen molar-refractivity contribution in [2.45, 2.75) is 12.8 Å². The fourth-order valence-electron chi connectivity index (χ4n) is 2.85. The van der Waals surface area contributed by atoms with Crippen molar-refractivity contribution >= 4 is 44.4 Å². The predicted octanol–water partition coefficient (Wildman–Crippen LogP) is 3.77. The molecule has 0 spiro atoms. The number of aromatic carboxylic acids is 1. The number of aromatic amines is 1. The summed E-state index contributed by atoms with van der Waals surface area (Å²) in [6, 6.07) is 12.4. The van der Waals surface area contributed by atoms with Crippen molar-refractivity contribution in [3.8, 4) is 0 Å². The standard InChI is InChI=1S/C19H18BrN3O3/c20-12-4-6-13(7-5-12)22-18(24)11-3-8-16-15(10-11)14(2-1-9-21)17(23-16)19(25)26/h3-8,10,23H,1-2,9,21H2,(H,22,24)(H,25,26). The zero-order valence-corrected chi connectivity index (χ0v) is 15.5. The van der Waals surface area contributed by atoms with Crippen LogP contribution in [0, 0.1) is 0 Å². The van der Waals surface area contributed by atoms with E-state index in [2.05, 4.69) is 26.2 Å². The van der Waals surface area contributed by atoms with Gasteiger partial charge in [0.25, 0.3) is 5.91 Å². The summed E-state index contributed by atoms with van der Waals surface area (Å²) >= 11 is 3.35. The van der Waals surface area contributed by atoms with Crippen molar-refractivity contribution < 1.29 is 14.7 Å². The first-order valence-corrected chi connectivity index (χ1v) is 8.94. The molecule has 0 fully saturated rings. The van der Waals surface area contributed by atoms with Crippen LogP contribution in [-0.2, 0) is 6.42 Å². The number of amides is 1. The maximum absolute atomic E-state index is 12.5. The Labute approximate surface area is 158 Å². The van der Waals surface area contributed by atoms with Crippen molar-refractivity contribution in [1.82, 2.24) is 4.98 Å². The molecule has 0 saturated carbocycles. The van der Waals surface area contributed by atoms with E-state index < -0.39 is 5.97 Å². The summed E-state index contributed by atoms with van der Waals surface area (Å²) in [4.78, 5) is 27.0. The highest BCUT2D eigenvalue weighted by molar-refractivity contribution is 9.10. The van der Waals surface area contributed by atoms with E-state index in [1.807, 2.05) is 12.1 Å². The van der Waals surface area contributed by atoms with Crippen LogP contribution >= 0.6 is 15.9 Å². The molecule has 0 aliphatic carbocycles. The lowest BCUT2D eigenvalue weighted by atomic mass is 10.0. The number of nitrogens with two attached hydrogens (primary N) is 1. The van der Waals surface area contributed by atoms with Crippen LogP contribution in [0.5, 0.6) is 0 Å². The molecule has 0 radical (unpaired) electrons. The Kier molecular flexibility index (Phi) is 5.39. The minimum Gasteiger partial charge on any atom is -0.477 e. The number of anilines is 1. The quantitative estimate of drug-likeness (QED) is 0.491. The number of hydrogen-bond acceptors (Lipinski definition) is 3. The van der Waals surface area contributed by atoms with Gasteiger partial charge in [0.15, 0.2) is 0 Å². The molecule has 1 heterocycles. The average molecular weight is 416 g/mol. The number of aromatic nitrogens is 1. The number of benzene rings is 2. The highest BCUT2D eigenvalue weighted by Crippen LogP contribution is 2.26. The minimum absolute atomic E-state index is 0.152. The van der Waals surface area contributed by atoms with E-state index in [-0.39, 0.29) is 11.6 Å². The number of aryl methyl sites for hydroxylation is 1. The van der Waals surface area contributed by atoms with Crippen LogP contribution in [0.15, 0.2) is 46.9 Å². The van der Waals surface area contributed by atoms with Crippen LogP contribution in [0.3, 0.4) is 0 Å². The summed E-state index contributed by atoms with van der Waals surface area (Å²) in [5, 5.41) is 13.0. The van der Waals surface area contributed by atoms with E-state index in [0.29, 0.717) is 41.7 Å². The molecule has 0 aliphatic heterocycles. The smallest absolute Gasteiger partial charge is 0.352 e. The molecule has 5 N–H and O–H groups in total. The third-order valence-corrected chi connectivity index (χ3v) is 4.64. The number of fused-ring (bicyclic) bond motifs is 1. The van der Waals surface area contributed by atoms with Crippen molar-refractivity contribution in [2.75, 3.05) is 11.9 Å². The number of H-pyrrole nitrogens is 1. The molecule has 2 aromatic carbocycles. The lowest BCUT2D eigenvalue weighted by Crippen LogP contribution is -2.11. The SMILES string of the molecule is NCCCc1c(C(=O)O)[nH]c2ccc(C(=O)Nc3ccc(Br)cc3)cc12. The molecule has 0 unspecified atom stereocenters.